The highest BCUT2D eigenvalue weighted by Gasteiger charge is 2.25. The fourth-order valence-corrected chi connectivity index (χ4v) is 3.42. The minimum atomic E-state index is 0.675. The highest BCUT2D eigenvalue weighted by molar-refractivity contribution is 4.84. The molecule has 0 amide bonds. The zero-order valence-electron chi connectivity index (χ0n) is 11.8. The van der Waals surface area contributed by atoms with Crippen LogP contribution in [-0.2, 0) is 0 Å². The van der Waals surface area contributed by atoms with Crippen molar-refractivity contribution in [3.05, 3.63) is 0 Å². The molecular formula is C14H29N3. The molecule has 0 aliphatic carbocycles. The molecular weight excluding hydrogens is 210 g/mol. The predicted octanol–water partition coefficient (Wildman–Crippen LogP) is 1.40. The Bertz CT molecular complexity index is 232. The zero-order chi connectivity index (χ0) is 12.3. The average Bonchev–Trinajstić information content (AvgIpc) is 2.29. The molecule has 2 rings (SSSR count). The second-order valence-electron chi connectivity index (χ2n) is 6.22. The van der Waals surface area contributed by atoms with Gasteiger partial charge in [-0.05, 0) is 65.7 Å². The van der Waals surface area contributed by atoms with Crippen molar-refractivity contribution in [2.75, 3.05) is 40.3 Å². The van der Waals surface area contributed by atoms with E-state index >= 15 is 0 Å². The monoisotopic (exact) mass is 239 g/mol. The third kappa shape index (κ3) is 3.94. The Kier molecular flexibility index (Phi) is 4.83. The Balaban J connectivity index is 1.77. The molecule has 0 saturated carbocycles. The van der Waals surface area contributed by atoms with Gasteiger partial charge in [0, 0.05) is 25.2 Å². The van der Waals surface area contributed by atoms with Gasteiger partial charge in [0.25, 0.3) is 0 Å². The lowest BCUT2D eigenvalue weighted by molar-refractivity contribution is 0.154. The van der Waals surface area contributed by atoms with Crippen molar-refractivity contribution < 1.29 is 0 Å². The van der Waals surface area contributed by atoms with Crippen molar-refractivity contribution in [1.82, 2.24) is 15.1 Å². The molecule has 0 spiro atoms. The van der Waals surface area contributed by atoms with Crippen LogP contribution in [0.25, 0.3) is 0 Å². The molecule has 2 fully saturated rings. The molecule has 3 nitrogen and oxygen atoms in total. The van der Waals surface area contributed by atoms with Crippen LogP contribution in [0.15, 0.2) is 0 Å². The maximum atomic E-state index is 3.87. The van der Waals surface area contributed by atoms with E-state index in [1.807, 2.05) is 0 Å². The van der Waals surface area contributed by atoms with E-state index in [1.165, 1.54) is 51.9 Å². The SMILES string of the molecule is CC(NC1CCCN(C)C1)C1CCCN(C)C1. The van der Waals surface area contributed by atoms with Gasteiger partial charge in [0.2, 0.25) is 0 Å². The van der Waals surface area contributed by atoms with Gasteiger partial charge in [0.15, 0.2) is 0 Å². The normalized spacial score (nSPS) is 34.8. The summed E-state index contributed by atoms with van der Waals surface area (Å²) in [6.07, 6.45) is 5.49. The van der Waals surface area contributed by atoms with E-state index in [0.29, 0.717) is 6.04 Å². The van der Waals surface area contributed by atoms with Crippen LogP contribution in [0.3, 0.4) is 0 Å². The van der Waals surface area contributed by atoms with E-state index in [4.69, 9.17) is 0 Å². The van der Waals surface area contributed by atoms with Gasteiger partial charge in [0.1, 0.15) is 0 Å². The summed E-state index contributed by atoms with van der Waals surface area (Å²) >= 11 is 0. The number of likely N-dealkylation sites (N-methyl/N-ethyl adjacent to an activating group) is 1. The summed E-state index contributed by atoms with van der Waals surface area (Å²) in [5, 5.41) is 3.87. The second kappa shape index (κ2) is 6.17. The van der Waals surface area contributed by atoms with Crippen LogP contribution in [0.2, 0.25) is 0 Å². The summed E-state index contributed by atoms with van der Waals surface area (Å²) in [4.78, 5) is 4.94. The van der Waals surface area contributed by atoms with Crippen molar-refractivity contribution >= 4 is 0 Å². The molecule has 2 heterocycles. The summed E-state index contributed by atoms with van der Waals surface area (Å²) in [6.45, 7) is 7.45. The van der Waals surface area contributed by atoms with Crippen LogP contribution >= 0.6 is 0 Å². The van der Waals surface area contributed by atoms with E-state index in [-0.39, 0.29) is 0 Å². The Morgan fingerprint density at radius 1 is 1.00 bits per heavy atom. The van der Waals surface area contributed by atoms with Crippen LogP contribution in [-0.4, -0.2) is 62.2 Å². The van der Waals surface area contributed by atoms with Crippen molar-refractivity contribution in [2.24, 2.45) is 5.92 Å². The molecule has 3 heteroatoms. The summed E-state index contributed by atoms with van der Waals surface area (Å²) in [7, 11) is 4.50. The van der Waals surface area contributed by atoms with Crippen LogP contribution in [0, 0.1) is 5.92 Å². The highest BCUT2D eigenvalue weighted by Crippen LogP contribution is 2.20. The number of nitrogens with zero attached hydrogens (tertiary/aromatic N) is 2. The molecule has 1 N–H and O–H groups in total. The Morgan fingerprint density at radius 2 is 1.65 bits per heavy atom. The molecule has 0 radical (unpaired) electrons. The van der Waals surface area contributed by atoms with Gasteiger partial charge in [-0.2, -0.15) is 0 Å². The highest BCUT2D eigenvalue weighted by atomic mass is 15.2. The molecule has 100 valence electrons. The summed E-state index contributed by atoms with van der Waals surface area (Å²) in [5.74, 6) is 0.848. The minimum Gasteiger partial charge on any atom is -0.310 e. The molecule has 2 aliphatic heterocycles. The molecule has 2 aliphatic rings. The number of likely N-dealkylation sites (tertiary alicyclic amines) is 2. The number of hydrogen-bond acceptors (Lipinski definition) is 3. The molecule has 3 unspecified atom stereocenters. The third-order valence-electron chi connectivity index (χ3n) is 4.49. The lowest BCUT2D eigenvalue weighted by Gasteiger charge is -2.38. The standard InChI is InChI=1S/C14H29N3/c1-12(13-6-4-8-16(2)10-13)15-14-7-5-9-17(3)11-14/h12-15H,4-11H2,1-3H3. The first kappa shape index (κ1) is 13.3. The Morgan fingerprint density at radius 3 is 2.29 bits per heavy atom. The van der Waals surface area contributed by atoms with Gasteiger partial charge in [-0.15, -0.1) is 0 Å². The summed E-state index contributed by atoms with van der Waals surface area (Å²) in [5.41, 5.74) is 0. The van der Waals surface area contributed by atoms with Gasteiger partial charge >= 0.3 is 0 Å². The first-order valence-electron chi connectivity index (χ1n) is 7.28. The summed E-state index contributed by atoms with van der Waals surface area (Å²) in [6, 6.07) is 1.39. The van der Waals surface area contributed by atoms with E-state index in [0.717, 1.165) is 12.0 Å². The van der Waals surface area contributed by atoms with Gasteiger partial charge in [-0.3, -0.25) is 0 Å². The van der Waals surface area contributed by atoms with Crippen molar-refractivity contribution in [1.29, 1.82) is 0 Å². The van der Waals surface area contributed by atoms with Crippen LogP contribution in [0.4, 0.5) is 0 Å². The molecule has 0 aromatic rings. The second-order valence-corrected chi connectivity index (χ2v) is 6.22. The molecule has 0 aromatic carbocycles. The maximum Gasteiger partial charge on any atom is 0.0197 e. The van der Waals surface area contributed by atoms with E-state index < -0.39 is 0 Å². The van der Waals surface area contributed by atoms with Crippen LogP contribution < -0.4 is 5.32 Å². The lowest BCUT2D eigenvalue weighted by Crippen LogP contribution is -2.51. The third-order valence-corrected chi connectivity index (χ3v) is 4.49. The minimum absolute atomic E-state index is 0.675. The van der Waals surface area contributed by atoms with E-state index in [9.17, 15) is 0 Å². The van der Waals surface area contributed by atoms with E-state index in [1.54, 1.807) is 0 Å². The van der Waals surface area contributed by atoms with Crippen molar-refractivity contribution in [3.63, 3.8) is 0 Å². The fourth-order valence-electron chi connectivity index (χ4n) is 3.42. The molecule has 0 aromatic heterocycles. The van der Waals surface area contributed by atoms with Gasteiger partial charge < -0.3 is 15.1 Å². The smallest absolute Gasteiger partial charge is 0.0197 e. The quantitative estimate of drug-likeness (QED) is 0.803. The van der Waals surface area contributed by atoms with E-state index in [2.05, 4.69) is 36.1 Å². The molecule has 17 heavy (non-hydrogen) atoms. The Labute approximate surface area is 107 Å². The number of nitrogens with one attached hydrogen (secondary N) is 1. The number of rotatable bonds is 3. The van der Waals surface area contributed by atoms with Crippen LogP contribution in [0.5, 0.6) is 0 Å². The fraction of sp³-hybridized carbons (Fsp3) is 1.00. The van der Waals surface area contributed by atoms with Crippen molar-refractivity contribution in [3.8, 4) is 0 Å². The first-order valence-corrected chi connectivity index (χ1v) is 7.28. The first-order chi connectivity index (χ1) is 8.15. The molecule has 3 atom stereocenters. The van der Waals surface area contributed by atoms with Gasteiger partial charge in [0.05, 0.1) is 0 Å². The molecule has 0 bridgehead atoms. The van der Waals surface area contributed by atoms with Gasteiger partial charge in [-0.25, -0.2) is 0 Å². The molecule has 2 saturated heterocycles. The lowest BCUT2D eigenvalue weighted by atomic mass is 9.91. The van der Waals surface area contributed by atoms with Gasteiger partial charge in [-0.1, -0.05) is 0 Å². The summed E-state index contributed by atoms with van der Waals surface area (Å²) < 4.78 is 0. The number of piperidine rings is 2. The number of hydrogen-bond donors (Lipinski definition) is 1. The maximum absolute atomic E-state index is 3.87. The average molecular weight is 239 g/mol. The van der Waals surface area contributed by atoms with Crippen LogP contribution in [0.1, 0.15) is 32.6 Å². The van der Waals surface area contributed by atoms with Crippen molar-refractivity contribution in [2.45, 2.75) is 44.7 Å². The largest absolute Gasteiger partial charge is 0.310 e. The predicted molar refractivity (Wildman–Crippen MR) is 73.3 cm³/mol. The topological polar surface area (TPSA) is 18.5 Å². The Hall–Kier alpha value is -0.120. The zero-order valence-corrected chi connectivity index (χ0v) is 11.8.